The molecule has 0 atom stereocenters. The van der Waals surface area contributed by atoms with Gasteiger partial charge < -0.3 is 28.6 Å². The molecule has 2 aliphatic heterocycles. The van der Waals surface area contributed by atoms with Crippen LogP contribution in [0.4, 0.5) is 11.4 Å². The molecule has 4 heterocycles. The monoisotopic (exact) mass is 572 g/mol. The van der Waals surface area contributed by atoms with E-state index in [9.17, 15) is 4.79 Å². The van der Waals surface area contributed by atoms with Crippen LogP contribution in [-0.2, 0) is 16.0 Å². The molecule has 176 valence electrons. The summed E-state index contributed by atoms with van der Waals surface area (Å²) in [6, 6.07) is 3.93. The summed E-state index contributed by atoms with van der Waals surface area (Å²) >= 11 is 6.87. The van der Waals surface area contributed by atoms with Crippen LogP contribution in [0.15, 0.2) is 38.3 Å². The molecule has 0 radical (unpaired) electrons. The van der Waals surface area contributed by atoms with Gasteiger partial charge in [0.2, 0.25) is 5.88 Å². The van der Waals surface area contributed by atoms with E-state index in [4.69, 9.17) is 14.2 Å². The van der Waals surface area contributed by atoms with Crippen LogP contribution in [0.2, 0.25) is 0 Å². The first-order chi connectivity index (χ1) is 15.5. The molecule has 32 heavy (non-hydrogen) atoms. The van der Waals surface area contributed by atoms with Crippen molar-refractivity contribution in [2.24, 2.45) is 0 Å². The van der Waals surface area contributed by atoms with Gasteiger partial charge in [0.1, 0.15) is 11.4 Å². The zero-order valence-corrected chi connectivity index (χ0v) is 21.7. The standard InChI is InChI=1S/2C11H15BrN2O2/c1-2-16-11-10(7-9(12)8-13-11)14-3-5-15-6-4-14;1-2-13-8-9(12)7-10(11(13)15)14-3-5-16-6-4-14/h2*7-8H,2-6H2,1H3. The predicted octanol–water partition coefficient (Wildman–Crippen LogP) is 3.55. The zero-order valence-electron chi connectivity index (χ0n) is 18.6. The van der Waals surface area contributed by atoms with Gasteiger partial charge in [0.05, 0.1) is 33.0 Å². The van der Waals surface area contributed by atoms with Crippen molar-refractivity contribution >= 4 is 43.2 Å². The van der Waals surface area contributed by atoms with Gasteiger partial charge in [-0.05, 0) is 57.8 Å². The van der Waals surface area contributed by atoms with Gasteiger partial charge >= 0.3 is 0 Å². The molecule has 2 aliphatic rings. The van der Waals surface area contributed by atoms with E-state index in [1.807, 2.05) is 32.2 Å². The Bertz CT molecular complexity index is 929. The Hall–Kier alpha value is -1.62. The maximum Gasteiger partial charge on any atom is 0.274 e. The number of halogens is 2. The van der Waals surface area contributed by atoms with Crippen molar-refractivity contribution in [3.63, 3.8) is 0 Å². The lowest BCUT2D eigenvalue weighted by atomic mass is 10.3. The van der Waals surface area contributed by atoms with Gasteiger partial charge in [-0.25, -0.2) is 4.98 Å². The third kappa shape index (κ3) is 6.69. The third-order valence-corrected chi connectivity index (χ3v) is 6.03. The molecule has 0 saturated carbocycles. The topological polar surface area (TPSA) is 69.1 Å². The molecule has 0 N–H and O–H groups in total. The fourth-order valence-corrected chi connectivity index (χ4v) is 4.33. The van der Waals surface area contributed by atoms with Crippen LogP contribution in [0.1, 0.15) is 13.8 Å². The molecule has 2 saturated heterocycles. The minimum Gasteiger partial charge on any atom is -0.476 e. The van der Waals surface area contributed by atoms with Gasteiger partial charge in [-0.2, -0.15) is 0 Å². The number of morpholine rings is 2. The van der Waals surface area contributed by atoms with Crippen molar-refractivity contribution in [1.82, 2.24) is 9.55 Å². The molecule has 2 fully saturated rings. The Morgan fingerprint density at radius 1 is 0.938 bits per heavy atom. The van der Waals surface area contributed by atoms with Crippen LogP contribution in [-0.4, -0.2) is 68.8 Å². The average molecular weight is 574 g/mol. The minimum absolute atomic E-state index is 0.0765. The van der Waals surface area contributed by atoms with E-state index in [2.05, 4.69) is 46.6 Å². The summed E-state index contributed by atoms with van der Waals surface area (Å²) < 4.78 is 19.8. The average Bonchev–Trinajstić information content (AvgIpc) is 2.83. The summed E-state index contributed by atoms with van der Waals surface area (Å²) in [6.07, 6.45) is 3.58. The third-order valence-electron chi connectivity index (χ3n) is 5.16. The highest BCUT2D eigenvalue weighted by molar-refractivity contribution is 9.10. The first-order valence-electron chi connectivity index (χ1n) is 10.9. The molecule has 0 amide bonds. The Morgan fingerprint density at radius 2 is 1.50 bits per heavy atom. The molecule has 4 rings (SSSR count). The van der Waals surface area contributed by atoms with E-state index in [1.165, 1.54) is 0 Å². The number of aromatic nitrogens is 2. The summed E-state index contributed by atoms with van der Waals surface area (Å²) in [5, 5.41) is 0. The quantitative estimate of drug-likeness (QED) is 0.542. The normalized spacial score (nSPS) is 16.4. The lowest BCUT2D eigenvalue weighted by Crippen LogP contribution is -2.40. The SMILES string of the molecule is CCOc1ncc(Br)cc1N1CCOCC1.CCn1cc(Br)cc(N2CCOCC2)c1=O. The maximum atomic E-state index is 12.1. The van der Waals surface area contributed by atoms with Crippen LogP contribution in [0.25, 0.3) is 0 Å². The van der Waals surface area contributed by atoms with Crippen molar-refractivity contribution in [1.29, 1.82) is 0 Å². The second-order valence-electron chi connectivity index (χ2n) is 7.24. The Morgan fingerprint density at radius 3 is 2.06 bits per heavy atom. The van der Waals surface area contributed by atoms with Crippen LogP contribution >= 0.6 is 31.9 Å². The van der Waals surface area contributed by atoms with Gasteiger partial charge in [0.25, 0.3) is 5.56 Å². The number of anilines is 2. The van der Waals surface area contributed by atoms with Crippen LogP contribution in [0, 0.1) is 0 Å². The van der Waals surface area contributed by atoms with E-state index in [1.54, 1.807) is 10.8 Å². The lowest BCUT2D eigenvalue weighted by molar-refractivity contribution is 0.122. The molecule has 2 aromatic rings. The number of ether oxygens (including phenoxy) is 3. The van der Waals surface area contributed by atoms with Gasteiger partial charge in [-0.15, -0.1) is 0 Å². The number of rotatable bonds is 5. The first-order valence-corrected chi connectivity index (χ1v) is 12.5. The van der Waals surface area contributed by atoms with E-state index in [-0.39, 0.29) is 5.56 Å². The van der Waals surface area contributed by atoms with Gasteiger partial charge in [-0.1, -0.05) is 0 Å². The van der Waals surface area contributed by atoms with Gasteiger partial charge in [0, 0.05) is 54.1 Å². The second-order valence-corrected chi connectivity index (χ2v) is 9.08. The summed E-state index contributed by atoms with van der Waals surface area (Å²) in [5.41, 5.74) is 1.88. The number of aryl methyl sites for hydroxylation is 1. The van der Waals surface area contributed by atoms with Crippen LogP contribution < -0.4 is 20.1 Å². The van der Waals surface area contributed by atoms with E-state index in [0.29, 0.717) is 32.2 Å². The Labute approximate surface area is 205 Å². The maximum absolute atomic E-state index is 12.1. The van der Waals surface area contributed by atoms with Crippen molar-refractivity contribution in [2.45, 2.75) is 20.4 Å². The molecule has 0 aliphatic carbocycles. The van der Waals surface area contributed by atoms with Gasteiger partial charge in [-0.3, -0.25) is 4.79 Å². The fourth-order valence-electron chi connectivity index (χ4n) is 3.54. The minimum atomic E-state index is 0.0765. The summed E-state index contributed by atoms with van der Waals surface area (Å²) in [4.78, 5) is 20.7. The predicted molar refractivity (Wildman–Crippen MR) is 133 cm³/mol. The fraction of sp³-hybridized carbons (Fsp3) is 0.545. The highest BCUT2D eigenvalue weighted by Gasteiger charge is 2.17. The smallest absolute Gasteiger partial charge is 0.274 e. The largest absolute Gasteiger partial charge is 0.476 e. The molecule has 0 spiro atoms. The molecular weight excluding hydrogens is 544 g/mol. The van der Waals surface area contributed by atoms with Gasteiger partial charge in [0.15, 0.2) is 0 Å². The van der Waals surface area contributed by atoms with E-state index >= 15 is 0 Å². The van der Waals surface area contributed by atoms with Crippen molar-refractivity contribution in [3.05, 3.63) is 43.8 Å². The molecule has 10 heteroatoms. The summed E-state index contributed by atoms with van der Waals surface area (Å²) in [6.45, 7) is 11.5. The second kappa shape index (κ2) is 12.6. The van der Waals surface area contributed by atoms with E-state index in [0.717, 1.165) is 59.7 Å². The zero-order chi connectivity index (χ0) is 22.9. The Kier molecular flexibility index (Phi) is 9.83. The van der Waals surface area contributed by atoms with Crippen LogP contribution in [0.5, 0.6) is 5.88 Å². The number of pyridine rings is 2. The van der Waals surface area contributed by atoms with E-state index < -0.39 is 0 Å². The molecule has 8 nitrogen and oxygen atoms in total. The Balaban J connectivity index is 0.000000181. The number of hydrogen-bond donors (Lipinski definition) is 0. The first kappa shape index (κ1) is 25.0. The molecule has 0 bridgehead atoms. The molecule has 0 aromatic carbocycles. The van der Waals surface area contributed by atoms with Crippen LogP contribution in [0.3, 0.4) is 0 Å². The molecular formula is C22H30Br2N4O4. The van der Waals surface area contributed by atoms with Crippen molar-refractivity contribution in [2.75, 3.05) is 69.0 Å². The summed E-state index contributed by atoms with van der Waals surface area (Å²) in [7, 11) is 0. The molecule has 0 unspecified atom stereocenters. The van der Waals surface area contributed by atoms with Crippen molar-refractivity contribution in [3.8, 4) is 5.88 Å². The number of hydrogen-bond acceptors (Lipinski definition) is 7. The summed E-state index contributed by atoms with van der Waals surface area (Å²) in [5.74, 6) is 0.701. The highest BCUT2D eigenvalue weighted by Crippen LogP contribution is 2.29. The number of nitrogens with zero attached hydrogens (tertiary/aromatic N) is 4. The van der Waals surface area contributed by atoms with Crippen molar-refractivity contribution < 1.29 is 14.2 Å². The highest BCUT2D eigenvalue weighted by atomic mass is 79.9. The molecule has 2 aromatic heterocycles. The lowest BCUT2D eigenvalue weighted by Gasteiger charge is -2.29.